The number of hydrogen-bond donors (Lipinski definition) is 2. The Morgan fingerprint density at radius 3 is 2.33 bits per heavy atom. The molecule has 1 rings (SSSR count). The van der Waals surface area contributed by atoms with E-state index in [0.717, 1.165) is 44.1 Å². The fourth-order valence-corrected chi connectivity index (χ4v) is 2.66. The number of rotatable bonds is 9. The van der Waals surface area contributed by atoms with E-state index >= 15 is 0 Å². The second-order valence-electron chi connectivity index (χ2n) is 6.28. The van der Waals surface area contributed by atoms with Crippen LogP contribution in [0.15, 0.2) is 29.4 Å². The van der Waals surface area contributed by atoms with Gasteiger partial charge in [0.05, 0.1) is 0 Å². The van der Waals surface area contributed by atoms with Crippen LogP contribution < -0.4 is 10.6 Å². The first-order valence-electron chi connectivity index (χ1n) is 8.64. The summed E-state index contributed by atoms with van der Waals surface area (Å²) in [5, 5.41) is 6.72. The van der Waals surface area contributed by atoms with E-state index < -0.39 is 0 Å². The molecule has 0 saturated heterocycles. The number of pyridine rings is 1. The van der Waals surface area contributed by atoms with Gasteiger partial charge in [0.1, 0.15) is 0 Å². The summed E-state index contributed by atoms with van der Waals surface area (Å²) >= 11 is 0. The number of hydrogen-bond acceptors (Lipinski definition) is 3. The van der Waals surface area contributed by atoms with Gasteiger partial charge in [0.15, 0.2) is 5.96 Å². The van der Waals surface area contributed by atoms with Crippen molar-refractivity contribution in [2.24, 2.45) is 4.99 Å². The highest BCUT2D eigenvalue weighted by Gasteiger charge is 2.12. The lowest BCUT2D eigenvalue weighted by molar-refractivity contribution is 0.173. The Morgan fingerprint density at radius 2 is 1.79 bits per heavy atom. The molecule has 0 aliphatic heterocycles. The predicted molar refractivity (Wildman–Crippen MR) is 114 cm³/mol. The maximum atomic E-state index is 4.32. The summed E-state index contributed by atoms with van der Waals surface area (Å²) in [6.45, 7) is 11.9. The third-order valence-corrected chi connectivity index (χ3v) is 3.84. The first-order chi connectivity index (χ1) is 11.0. The van der Waals surface area contributed by atoms with Crippen LogP contribution in [0.2, 0.25) is 0 Å². The lowest BCUT2D eigenvalue weighted by Gasteiger charge is -2.30. The van der Waals surface area contributed by atoms with Gasteiger partial charge in [-0.05, 0) is 46.2 Å². The van der Waals surface area contributed by atoms with Crippen molar-refractivity contribution in [3.63, 3.8) is 0 Å². The molecule has 0 aliphatic carbocycles. The SMILES string of the molecule is CN=C(NCCCN(C(C)C)C(C)C)NCCc1ccccn1.I. The van der Waals surface area contributed by atoms with Gasteiger partial charge in [-0.3, -0.25) is 14.9 Å². The summed E-state index contributed by atoms with van der Waals surface area (Å²) in [4.78, 5) is 11.1. The van der Waals surface area contributed by atoms with Gasteiger partial charge < -0.3 is 10.6 Å². The fourth-order valence-electron chi connectivity index (χ4n) is 2.66. The quantitative estimate of drug-likeness (QED) is 0.265. The third kappa shape index (κ3) is 9.42. The van der Waals surface area contributed by atoms with Crippen LogP contribution in [-0.4, -0.2) is 54.6 Å². The van der Waals surface area contributed by atoms with Gasteiger partial charge in [0, 0.05) is 57.1 Å². The minimum atomic E-state index is 0. The average molecular weight is 447 g/mol. The van der Waals surface area contributed by atoms with E-state index in [1.54, 1.807) is 0 Å². The van der Waals surface area contributed by atoms with E-state index in [4.69, 9.17) is 0 Å². The van der Waals surface area contributed by atoms with Gasteiger partial charge >= 0.3 is 0 Å². The highest BCUT2D eigenvalue weighted by Crippen LogP contribution is 2.05. The van der Waals surface area contributed by atoms with Gasteiger partial charge in [-0.2, -0.15) is 0 Å². The molecule has 0 radical (unpaired) electrons. The third-order valence-electron chi connectivity index (χ3n) is 3.84. The highest BCUT2D eigenvalue weighted by atomic mass is 127. The van der Waals surface area contributed by atoms with Crippen LogP contribution in [-0.2, 0) is 6.42 Å². The first-order valence-corrected chi connectivity index (χ1v) is 8.64. The summed E-state index contributed by atoms with van der Waals surface area (Å²) in [5.74, 6) is 0.863. The van der Waals surface area contributed by atoms with Crippen molar-refractivity contribution in [3.05, 3.63) is 30.1 Å². The number of guanidine groups is 1. The second kappa shape index (κ2) is 13.4. The summed E-state index contributed by atoms with van der Waals surface area (Å²) in [7, 11) is 1.81. The molecule has 0 saturated carbocycles. The van der Waals surface area contributed by atoms with Crippen molar-refractivity contribution in [2.75, 3.05) is 26.7 Å². The minimum absolute atomic E-state index is 0. The zero-order valence-electron chi connectivity index (χ0n) is 15.7. The lowest BCUT2D eigenvalue weighted by Crippen LogP contribution is -2.41. The fraction of sp³-hybridized carbons (Fsp3) is 0.667. The number of aliphatic imine (C=N–C) groups is 1. The lowest BCUT2D eigenvalue weighted by atomic mass is 10.2. The number of halogens is 1. The van der Waals surface area contributed by atoms with Crippen molar-refractivity contribution >= 4 is 29.9 Å². The highest BCUT2D eigenvalue weighted by molar-refractivity contribution is 14.0. The number of aromatic nitrogens is 1. The van der Waals surface area contributed by atoms with Crippen LogP contribution in [0, 0.1) is 0 Å². The van der Waals surface area contributed by atoms with E-state index in [2.05, 4.69) is 53.2 Å². The maximum Gasteiger partial charge on any atom is 0.190 e. The van der Waals surface area contributed by atoms with Gasteiger partial charge in [-0.1, -0.05) is 6.07 Å². The molecule has 0 spiro atoms. The Bertz CT molecular complexity index is 440. The monoisotopic (exact) mass is 447 g/mol. The van der Waals surface area contributed by atoms with Gasteiger partial charge in [-0.15, -0.1) is 24.0 Å². The Kier molecular flexibility index (Phi) is 12.9. The van der Waals surface area contributed by atoms with Crippen molar-refractivity contribution in [1.29, 1.82) is 0 Å². The van der Waals surface area contributed by atoms with Gasteiger partial charge in [-0.25, -0.2) is 0 Å². The number of nitrogens with zero attached hydrogens (tertiary/aromatic N) is 3. The Labute approximate surface area is 164 Å². The Hall–Kier alpha value is -0.890. The predicted octanol–water partition coefficient (Wildman–Crippen LogP) is 2.92. The zero-order valence-corrected chi connectivity index (χ0v) is 18.1. The van der Waals surface area contributed by atoms with Crippen LogP contribution in [0.25, 0.3) is 0 Å². The van der Waals surface area contributed by atoms with Crippen molar-refractivity contribution in [1.82, 2.24) is 20.5 Å². The van der Waals surface area contributed by atoms with Crippen LogP contribution in [0.1, 0.15) is 39.8 Å². The summed E-state index contributed by atoms with van der Waals surface area (Å²) in [6.07, 6.45) is 3.84. The molecule has 0 aliphatic rings. The van der Waals surface area contributed by atoms with Crippen LogP contribution in [0.4, 0.5) is 0 Å². The van der Waals surface area contributed by atoms with Crippen LogP contribution in [0.5, 0.6) is 0 Å². The summed E-state index contributed by atoms with van der Waals surface area (Å²) < 4.78 is 0. The second-order valence-corrected chi connectivity index (χ2v) is 6.28. The Balaban J connectivity index is 0.00000529. The van der Waals surface area contributed by atoms with E-state index in [-0.39, 0.29) is 24.0 Å². The molecule has 6 heteroatoms. The first kappa shape index (κ1) is 23.1. The molecule has 0 fully saturated rings. The van der Waals surface area contributed by atoms with E-state index in [1.807, 2.05) is 31.4 Å². The largest absolute Gasteiger partial charge is 0.356 e. The molecule has 2 N–H and O–H groups in total. The molecule has 1 aromatic rings. The molecule has 0 aromatic carbocycles. The molecular weight excluding hydrogens is 413 g/mol. The van der Waals surface area contributed by atoms with Gasteiger partial charge in [0.25, 0.3) is 0 Å². The molecule has 138 valence electrons. The molecule has 5 nitrogen and oxygen atoms in total. The molecule has 24 heavy (non-hydrogen) atoms. The topological polar surface area (TPSA) is 52.6 Å². The van der Waals surface area contributed by atoms with Crippen LogP contribution in [0.3, 0.4) is 0 Å². The van der Waals surface area contributed by atoms with Crippen molar-refractivity contribution < 1.29 is 0 Å². The molecular formula is C18H34IN5. The maximum absolute atomic E-state index is 4.32. The van der Waals surface area contributed by atoms with Crippen molar-refractivity contribution in [2.45, 2.75) is 52.6 Å². The standard InChI is InChI=1S/C18H33N5.HI/c1-15(2)23(16(3)4)14-8-12-21-18(19-5)22-13-10-17-9-6-7-11-20-17;/h6-7,9,11,15-16H,8,10,12-14H2,1-5H3,(H2,19,21,22);1H. The molecule has 0 unspecified atom stereocenters. The summed E-state index contributed by atoms with van der Waals surface area (Å²) in [6, 6.07) is 7.18. The summed E-state index contributed by atoms with van der Waals surface area (Å²) in [5.41, 5.74) is 1.10. The Morgan fingerprint density at radius 1 is 1.12 bits per heavy atom. The van der Waals surface area contributed by atoms with E-state index in [9.17, 15) is 0 Å². The van der Waals surface area contributed by atoms with E-state index in [1.165, 1.54) is 0 Å². The average Bonchev–Trinajstić information content (AvgIpc) is 2.53. The van der Waals surface area contributed by atoms with Gasteiger partial charge in [0.2, 0.25) is 0 Å². The number of nitrogens with one attached hydrogen (secondary N) is 2. The molecule has 0 atom stereocenters. The van der Waals surface area contributed by atoms with Crippen LogP contribution >= 0.6 is 24.0 Å². The molecule has 1 aromatic heterocycles. The molecule has 1 heterocycles. The zero-order chi connectivity index (χ0) is 17.1. The van der Waals surface area contributed by atoms with E-state index in [0.29, 0.717) is 12.1 Å². The molecule has 0 amide bonds. The minimum Gasteiger partial charge on any atom is -0.356 e. The van der Waals surface area contributed by atoms with Crippen molar-refractivity contribution in [3.8, 4) is 0 Å². The smallest absolute Gasteiger partial charge is 0.190 e. The normalized spacial score (nSPS) is 11.8. The molecule has 0 bridgehead atoms.